The van der Waals surface area contributed by atoms with Crippen LogP contribution in [0.15, 0.2) is 11.6 Å². The fourth-order valence-corrected chi connectivity index (χ4v) is 0.930. The van der Waals surface area contributed by atoms with Gasteiger partial charge >= 0.3 is 5.97 Å². The molecule has 0 amide bonds. The van der Waals surface area contributed by atoms with E-state index in [4.69, 9.17) is 0 Å². The van der Waals surface area contributed by atoms with E-state index >= 15 is 0 Å². The number of nitrogens with one attached hydrogen (secondary N) is 1. The average molecular weight is 222 g/mol. The van der Waals surface area contributed by atoms with Crippen molar-refractivity contribution in [2.75, 3.05) is 20.2 Å². The molecule has 1 heterocycles. The van der Waals surface area contributed by atoms with E-state index < -0.39 is 0 Å². The predicted octanol–water partition coefficient (Wildman–Crippen LogP) is 0.657. The Morgan fingerprint density at radius 3 is 2.91 bits per heavy atom. The summed E-state index contributed by atoms with van der Waals surface area (Å²) in [6, 6.07) is 0. The van der Waals surface area contributed by atoms with Gasteiger partial charge in [0.1, 0.15) is 0 Å². The topological polar surface area (TPSA) is 38.3 Å². The average Bonchev–Trinajstić information content (AvgIpc) is 2.05. The number of methoxy groups -OCH3 is 1. The molecule has 0 bridgehead atoms. The molecule has 11 heavy (non-hydrogen) atoms. The largest absolute Gasteiger partial charge is 0.466 e. The summed E-state index contributed by atoms with van der Waals surface area (Å²) in [5, 5.41) is 3.08. The summed E-state index contributed by atoms with van der Waals surface area (Å²) >= 11 is 0. The second kappa shape index (κ2) is 5.32. The van der Waals surface area contributed by atoms with E-state index in [2.05, 4.69) is 10.1 Å². The third-order valence-corrected chi connectivity index (χ3v) is 1.47. The maximum absolute atomic E-state index is 10.8. The third-order valence-electron chi connectivity index (χ3n) is 1.47. The lowest BCUT2D eigenvalue weighted by atomic mass is 10.1. The standard InChI is InChI=1S/C7H11NO2.BrH/c1-10-7(9)6-3-2-4-8-5-6;/h3,8H,2,4-5H2,1H3;1H. The number of halogens is 1. The Kier molecular flexibility index (Phi) is 5.15. The molecule has 0 aromatic rings. The van der Waals surface area contributed by atoms with Gasteiger partial charge in [-0.05, 0) is 13.0 Å². The van der Waals surface area contributed by atoms with Crippen molar-refractivity contribution in [3.63, 3.8) is 0 Å². The van der Waals surface area contributed by atoms with Gasteiger partial charge in [0.25, 0.3) is 0 Å². The number of hydrogen-bond acceptors (Lipinski definition) is 3. The zero-order valence-corrected chi connectivity index (χ0v) is 8.14. The van der Waals surface area contributed by atoms with Crippen LogP contribution in [0.4, 0.5) is 0 Å². The lowest BCUT2D eigenvalue weighted by Crippen LogP contribution is -2.26. The first-order valence-corrected chi connectivity index (χ1v) is 3.32. The number of rotatable bonds is 1. The van der Waals surface area contributed by atoms with Crippen LogP contribution >= 0.6 is 17.0 Å². The Hall–Kier alpha value is -0.350. The van der Waals surface area contributed by atoms with Crippen molar-refractivity contribution in [1.29, 1.82) is 0 Å². The zero-order chi connectivity index (χ0) is 7.40. The number of ether oxygens (including phenoxy) is 1. The van der Waals surface area contributed by atoms with Crippen molar-refractivity contribution >= 4 is 23.0 Å². The molecular formula is C7H12BrNO2. The summed E-state index contributed by atoms with van der Waals surface area (Å²) in [6.07, 6.45) is 2.84. The van der Waals surface area contributed by atoms with Crippen molar-refractivity contribution in [3.05, 3.63) is 11.6 Å². The minimum atomic E-state index is -0.216. The third kappa shape index (κ3) is 3.03. The van der Waals surface area contributed by atoms with E-state index in [1.807, 2.05) is 6.08 Å². The summed E-state index contributed by atoms with van der Waals surface area (Å²) < 4.78 is 4.54. The first-order valence-electron chi connectivity index (χ1n) is 3.32. The number of esters is 1. The second-order valence-electron chi connectivity index (χ2n) is 2.19. The van der Waals surface area contributed by atoms with Crippen molar-refractivity contribution in [2.24, 2.45) is 0 Å². The van der Waals surface area contributed by atoms with Crippen LogP contribution in [-0.2, 0) is 9.53 Å². The molecule has 0 saturated carbocycles. The van der Waals surface area contributed by atoms with Crippen LogP contribution in [0.1, 0.15) is 6.42 Å². The molecule has 0 atom stereocenters. The number of carbonyl (C=O) groups is 1. The SMILES string of the molecule is Br.COC(=O)C1=CCCNC1. The molecule has 0 aromatic heterocycles. The molecule has 64 valence electrons. The summed E-state index contributed by atoms with van der Waals surface area (Å²) in [6.45, 7) is 1.60. The van der Waals surface area contributed by atoms with Crippen LogP contribution in [0.2, 0.25) is 0 Å². The highest BCUT2D eigenvalue weighted by molar-refractivity contribution is 8.93. The molecule has 0 aliphatic carbocycles. The predicted molar refractivity (Wildman–Crippen MR) is 47.9 cm³/mol. The number of carbonyl (C=O) groups excluding carboxylic acids is 1. The van der Waals surface area contributed by atoms with E-state index in [9.17, 15) is 4.79 Å². The summed E-state index contributed by atoms with van der Waals surface area (Å²) in [5.74, 6) is -0.216. The fraction of sp³-hybridized carbons (Fsp3) is 0.571. The van der Waals surface area contributed by atoms with Gasteiger partial charge in [-0.1, -0.05) is 6.08 Å². The van der Waals surface area contributed by atoms with Gasteiger partial charge in [-0.25, -0.2) is 4.79 Å². The Morgan fingerprint density at radius 1 is 1.73 bits per heavy atom. The van der Waals surface area contributed by atoms with E-state index in [-0.39, 0.29) is 23.0 Å². The lowest BCUT2D eigenvalue weighted by molar-refractivity contribution is -0.136. The summed E-state index contributed by atoms with van der Waals surface area (Å²) in [5.41, 5.74) is 0.744. The Labute approximate surface area is 76.6 Å². The highest BCUT2D eigenvalue weighted by atomic mass is 79.9. The van der Waals surface area contributed by atoms with E-state index in [0.717, 1.165) is 18.5 Å². The maximum Gasteiger partial charge on any atom is 0.334 e. The first kappa shape index (κ1) is 10.7. The van der Waals surface area contributed by atoms with Crippen LogP contribution in [0, 0.1) is 0 Å². The smallest absolute Gasteiger partial charge is 0.334 e. The monoisotopic (exact) mass is 221 g/mol. The normalized spacial score (nSPS) is 16.3. The minimum absolute atomic E-state index is 0. The molecule has 0 radical (unpaired) electrons. The van der Waals surface area contributed by atoms with Crippen molar-refractivity contribution in [1.82, 2.24) is 5.32 Å². The van der Waals surface area contributed by atoms with Gasteiger partial charge in [-0.15, -0.1) is 17.0 Å². The number of hydrogen-bond donors (Lipinski definition) is 1. The molecule has 1 rings (SSSR count). The van der Waals surface area contributed by atoms with Gasteiger partial charge in [-0.3, -0.25) is 0 Å². The molecule has 0 saturated heterocycles. The fourth-order valence-electron chi connectivity index (χ4n) is 0.930. The molecule has 3 nitrogen and oxygen atoms in total. The molecule has 0 aromatic carbocycles. The van der Waals surface area contributed by atoms with Gasteiger partial charge in [0, 0.05) is 12.1 Å². The molecule has 4 heteroatoms. The van der Waals surface area contributed by atoms with Gasteiger partial charge in [0.15, 0.2) is 0 Å². The van der Waals surface area contributed by atoms with E-state index in [0.29, 0.717) is 6.54 Å². The minimum Gasteiger partial charge on any atom is -0.466 e. The van der Waals surface area contributed by atoms with Crippen LogP contribution < -0.4 is 5.32 Å². The van der Waals surface area contributed by atoms with E-state index in [1.165, 1.54) is 7.11 Å². The quantitative estimate of drug-likeness (QED) is 0.662. The highest BCUT2D eigenvalue weighted by Gasteiger charge is 2.10. The summed E-state index contributed by atoms with van der Waals surface area (Å²) in [4.78, 5) is 10.8. The maximum atomic E-state index is 10.8. The van der Waals surface area contributed by atoms with Crippen molar-refractivity contribution in [3.8, 4) is 0 Å². The Morgan fingerprint density at radius 2 is 2.45 bits per heavy atom. The molecule has 1 aliphatic rings. The van der Waals surface area contributed by atoms with Crippen LogP contribution in [0.3, 0.4) is 0 Å². The van der Waals surface area contributed by atoms with Crippen LogP contribution in [0.25, 0.3) is 0 Å². The Bertz CT molecular complexity index is 168. The molecule has 0 unspecified atom stereocenters. The first-order chi connectivity index (χ1) is 4.84. The van der Waals surface area contributed by atoms with Crippen LogP contribution in [-0.4, -0.2) is 26.2 Å². The van der Waals surface area contributed by atoms with Gasteiger partial charge in [0.05, 0.1) is 7.11 Å². The second-order valence-corrected chi connectivity index (χ2v) is 2.19. The molecule has 1 aliphatic heterocycles. The summed E-state index contributed by atoms with van der Waals surface area (Å²) in [7, 11) is 1.40. The molecule has 1 N–H and O–H groups in total. The van der Waals surface area contributed by atoms with Gasteiger partial charge < -0.3 is 10.1 Å². The molecular weight excluding hydrogens is 210 g/mol. The van der Waals surface area contributed by atoms with Gasteiger partial charge in [-0.2, -0.15) is 0 Å². The zero-order valence-electron chi connectivity index (χ0n) is 6.42. The van der Waals surface area contributed by atoms with Crippen molar-refractivity contribution < 1.29 is 9.53 Å². The van der Waals surface area contributed by atoms with Crippen molar-refractivity contribution in [2.45, 2.75) is 6.42 Å². The van der Waals surface area contributed by atoms with Crippen LogP contribution in [0.5, 0.6) is 0 Å². The highest BCUT2D eigenvalue weighted by Crippen LogP contribution is 2.01. The molecule has 0 fully saturated rings. The lowest BCUT2D eigenvalue weighted by Gasteiger charge is -2.11. The molecule has 0 spiro atoms. The van der Waals surface area contributed by atoms with Gasteiger partial charge in [0.2, 0.25) is 0 Å². The Balaban J connectivity index is 0.000001000. The van der Waals surface area contributed by atoms with E-state index in [1.54, 1.807) is 0 Å².